The lowest BCUT2D eigenvalue weighted by molar-refractivity contribution is -0.136. The molecule has 4 rings (SSSR count). The van der Waals surface area contributed by atoms with Gasteiger partial charge in [0.1, 0.15) is 6.61 Å². The van der Waals surface area contributed by atoms with Crippen LogP contribution in [0.5, 0.6) is 5.88 Å². The summed E-state index contributed by atoms with van der Waals surface area (Å²) in [6.45, 7) is 7.88. The quantitative estimate of drug-likeness (QED) is 0.524. The Bertz CT molecular complexity index is 1140. The van der Waals surface area contributed by atoms with Gasteiger partial charge in [0.15, 0.2) is 17.5 Å². The number of hydrogen-bond acceptors (Lipinski definition) is 5. The van der Waals surface area contributed by atoms with E-state index in [0.29, 0.717) is 25.5 Å². The number of aromatic nitrogens is 2. The zero-order valence-electron chi connectivity index (χ0n) is 19.1. The number of halogens is 2. The van der Waals surface area contributed by atoms with Gasteiger partial charge >= 0.3 is 0 Å². The maximum absolute atomic E-state index is 13.9. The van der Waals surface area contributed by atoms with Crippen LogP contribution in [-0.4, -0.2) is 46.5 Å². The highest BCUT2D eigenvalue weighted by molar-refractivity contribution is 5.79. The van der Waals surface area contributed by atoms with Crippen molar-refractivity contribution in [3.63, 3.8) is 0 Å². The normalized spacial score (nSPS) is 15.9. The van der Waals surface area contributed by atoms with Gasteiger partial charge in [0.2, 0.25) is 5.91 Å². The van der Waals surface area contributed by atoms with E-state index in [1.807, 2.05) is 60.9 Å². The van der Waals surface area contributed by atoms with Crippen molar-refractivity contribution in [3.05, 3.63) is 59.7 Å². The molecule has 6 nitrogen and oxygen atoms in total. The van der Waals surface area contributed by atoms with Crippen LogP contribution in [0.1, 0.15) is 32.8 Å². The molecule has 2 aromatic carbocycles. The number of carbonyl (C=O) groups excluding carboxylic acids is 1. The van der Waals surface area contributed by atoms with Crippen LogP contribution in [0.25, 0.3) is 11.0 Å². The Hall–Kier alpha value is -3.29. The van der Waals surface area contributed by atoms with E-state index in [-0.39, 0.29) is 41.4 Å². The average molecular weight is 455 g/mol. The van der Waals surface area contributed by atoms with E-state index in [4.69, 9.17) is 4.74 Å². The summed E-state index contributed by atoms with van der Waals surface area (Å²) >= 11 is 0. The predicted molar refractivity (Wildman–Crippen MR) is 123 cm³/mol. The summed E-state index contributed by atoms with van der Waals surface area (Å²) in [5.41, 5.74) is 1.43. The highest BCUT2D eigenvalue weighted by atomic mass is 19.2. The number of nitrogens with zero attached hydrogens (tertiary/aromatic N) is 4. The molecular weight excluding hydrogens is 426 g/mol. The SMILES string of the molecule is CCN(C(=O)C(C)C)[C@H]1CCN(c2nc3cc(F)c(F)cc3nc2OCc2ccccc2)C1. The molecule has 0 saturated carbocycles. The summed E-state index contributed by atoms with van der Waals surface area (Å²) in [4.78, 5) is 25.6. The number of ether oxygens (including phenoxy) is 1. The molecule has 174 valence electrons. The molecule has 1 atom stereocenters. The van der Waals surface area contributed by atoms with Gasteiger partial charge in [-0.3, -0.25) is 4.79 Å². The first-order valence-corrected chi connectivity index (χ1v) is 11.3. The molecule has 0 spiro atoms. The Kier molecular flexibility index (Phi) is 6.72. The number of likely N-dealkylation sites (N-methyl/N-ethyl adjacent to an activating group) is 1. The zero-order valence-corrected chi connectivity index (χ0v) is 19.1. The Balaban J connectivity index is 1.66. The van der Waals surface area contributed by atoms with Crippen molar-refractivity contribution < 1.29 is 18.3 Å². The lowest BCUT2D eigenvalue weighted by Gasteiger charge is -2.29. The summed E-state index contributed by atoms with van der Waals surface area (Å²) in [6.07, 6.45) is 0.780. The second kappa shape index (κ2) is 9.68. The minimum Gasteiger partial charge on any atom is -0.470 e. The van der Waals surface area contributed by atoms with Gasteiger partial charge in [0.25, 0.3) is 5.88 Å². The average Bonchev–Trinajstić information content (AvgIpc) is 3.28. The van der Waals surface area contributed by atoms with Crippen LogP contribution >= 0.6 is 0 Å². The molecule has 1 fully saturated rings. The van der Waals surface area contributed by atoms with Crippen molar-refractivity contribution in [2.75, 3.05) is 24.5 Å². The fourth-order valence-electron chi connectivity index (χ4n) is 4.17. The number of anilines is 1. The van der Waals surface area contributed by atoms with Crippen LogP contribution < -0.4 is 9.64 Å². The molecule has 1 aliphatic rings. The van der Waals surface area contributed by atoms with E-state index < -0.39 is 11.6 Å². The van der Waals surface area contributed by atoms with Crippen molar-refractivity contribution in [2.45, 2.75) is 39.8 Å². The van der Waals surface area contributed by atoms with Gasteiger partial charge in [-0.2, -0.15) is 0 Å². The zero-order chi connectivity index (χ0) is 23.5. The number of hydrogen-bond donors (Lipinski definition) is 0. The Labute approximate surface area is 192 Å². The van der Waals surface area contributed by atoms with E-state index in [1.165, 1.54) is 0 Å². The van der Waals surface area contributed by atoms with Gasteiger partial charge in [-0.1, -0.05) is 44.2 Å². The molecule has 2 heterocycles. The summed E-state index contributed by atoms with van der Waals surface area (Å²) in [5, 5.41) is 0. The molecule has 0 bridgehead atoms. The number of rotatable bonds is 7. The standard InChI is InChI=1S/C25H28F2N4O2/c1-4-31(25(32)16(2)3)18-10-11-30(14-18)23-24(33-15-17-8-6-5-7-9-17)29-22-13-20(27)19(26)12-21(22)28-23/h5-9,12-13,16,18H,4,10-11,14-15H2,1-3H3/t18-/m0/s1. The lowest BCUT2D eigenvalue weighted by atomic mass is 10.1. The van der Waals surface area contributed by atoms with Gasteiger partial charge in [0, 0.05) is 37.7 Å². The van der Waals surface area contributed by atoms with Crippen molar-refractivity contribution in [3.8, 4) is 5.88 Å². The molecule has 1 aromatic heterocycles. The van der Waals surface area contributed by atoms with E-state index in [0.717, 1.165) is 24.1 Å². The third-order valence-electron chi connectivity index (χ3n) is 5.90. The summed E-state index contributed by atoms with van der Waals surface area (Å²) in [7, 11) is 0. The van der Waals surface area contributed by atoms with Crippen molar-refractivity contribution in [1.82, 2.24) is 14.9 Å². The fourth-order valence-corrected chi connectivity index (χ4v) is 4.17. The Morgan fingerprint density at radius 1 is 1.15 bits per heavy atom. The maximum Gasteiger partial charge on any atom is 0.258 e. The van der Waals surface area contributed by atoms with E-state index in [1.54, 1.807) is 0 Å². The smallest absolute Gasteiger partial charge is 0.258 e. The van der Waals surface area contributed by atoms with Crippen molar-refractivity contribution >= 4 is 22.8 Å². The highest BCUT2D eigenvalue weighted by Gasteiger charge is 2.33. The predicted octanol–water partition coefficient (Wildman–Crippen LogP) is 4.57. The maximum atomic E-state index is 13.9. The van der Waals surface area contributed by atoms with Crippen LogP contribution in [0, 0.1) is 17.6 Å². The number of benzene rings is 2. The Morgan fingerprint density at radius 3 is 2.45 bits per heavy atom. The van der Waals surface area contributed by atoms with Gasteiger partial charge in [-0.15, -0.1) is 0 Å². The molecule has 33 heavy (non-hydrogen) atoms. The number of amides is 1. The van der Waals surface area contributed by atoms with Gasteiger partial charge in [0.05, 0.1) is 17.1 Å². The number of fused-ring (bicyclic) bond motifs is 1. The van der Waals surface area contributed by atoms with Crippen LogP contribution in [-0.2, 0) is 11.4 Å². The van der Waals surface area contributed by atoms with Crippen molar-refractivity contribution in [2.24, 2.45) is 5.92 Å². The second-order valence-corrected chi connectivity index (χ2v) is 8.55. The first kappa shape index (κ1) is 22.9. The molecule has 0 aliphatic carbocycles. The molecule has 1 amide bonds. The summed E-state index contributed by atoms with van der Waals surface area (Å²) < 4.78 is 33.7. The molecular formula is C25H28F2N4O2. The van der Waals surface area contributed by atoms with Gasteiger partial charge in [-0.25, -0.2) is 18.7 Å². The highest BCUT2D eigenvalue weighted by Crippen LogP contribution is 2.32. The third-order valence-corrected chi connectivity index (χ3v) is 5.90. The fraction of sp³-hybridized carbons (Fsp3) is 0.400. The number of carbonyl (C=O) groups is 1. The van der Waals surface area contributed by atoms with Crippen LogP contribution in [0.2, 0.25) is 0 Å². The van der Waals surface area contributed by atoms with E-state index in [9.17, 15) is 13.6 Å². The molecule has 1 aliphatic heterocycles. The Morgan fingerprint density at radius 2 is 1.82 bits per heavy atom. The van der Waals surface area contributed by atoms with Crippen LogP contribution in [0.4, 0.5) is 14.6 Å². The minimum absolute atomic E-state index is 0.0364. The van der Waals surface area contributed by atoms with Crippen LogP contribution in [0.15, 0.2) is 42.5 Å². The summed E-state index contributed by atoms with van der Waals surface area (Å²) in [6, 6.07) is 11.7. The molecule has 0 N–H and O–H groups in total. The van der Waals surface area contributed by atoms with E-state index >= 15 is 0 Å². The first-order chi connectivity index (χ1) is 15.9. The minimum atomic E-state index is -0.981. The molecule has 8 heteroatoms. The summed E-state index contributed by atoms with van der Waals surface area (Å²) in [5.74, 6) is -1.18. The van der Waals surface area contributed by atoms with Gasteiger partial charge < -0.3 is 14.5 Å². The molecule has 1 saturated heterocycles. The lowest BCUT2D eigenvalue weighted by Crippen LogP contribution is -2.43. The van der Waals surface area contributed by atoms with Gasteiger partial charge in [-0.05, 0) is 18.9 Å². The third kappa shape index (κ3) is 4.89. The van der Waals surface area contributed by atoms with E-state index in [2.05, 4.69) is 9.97 Å². The second-order valence-electron chi connectivity index (χ2n) is 8.55. The largest absolute Gasteiger partial charge is 0.470 e. The molecule has 0 radical (unpaired) electrons. The van der Waals surface area contributed by atoms with Crippen molar-refractivity contribution in [1.29, 1.82) is 0 Å². The van der Waals surface area contributed by atoms with Crippen LogP contribution in [0.3, 0.4) is 0 Å². The first-order valence-electron chi connectivity index (χ1n) is 11.3. The molecule has 0 unspecified atom stereocenters. The topological polar surface area (TPSA) is 58.6 Å². The molecule has 3 aromatic rings. The monoisotopic (exact) mass is 454 g/mol.